The fourth-order valence-electron chi connectivity index (χ4n) is 2.42. The van der Waals surface area contributed by atoms with Gasteiger partial charge in [-0.15, -0.1) is 0 Å². The molecule has 0 fully saturated rings. The van der Waals surface area contributed by atoms with Crippen molar-refractivity contribution in [2.45, 2.75) is 20.8 Å². The molecule has 5 heteroatoms. The largest absolute Gasteiger partial charge is 0.384 e. The van der Waals surface area contributed by atoms with Gasteiger partial charge in [-0.05, 0) is 48.2 Å². The lowest BCUT2D eigenvalue weighted by atomic mass is 9.97. The first-order valence-electron chi connectivity index (χ1n) is 5.73. The summed E-state index contributed by atoms with van der Waals surface area (Å²) in [5.74, 6) is 0.587. The van der Waals surface area contributed by atoms with Crippen LogP contribution in [0, 0.1) is 20.8 Å². The standard InChI is InChI=1S/C13H14N4S/c1-6-4-18-5-9(6)10-7(2)11-12(14)16-17-13(11)15-8(10)3/h4-5H,1-3H3,(H3,14,15,16,17). The van der Waals surface area contributed by atoms with Crippen LogP contribution in [-0.4, -0.2) is 15.2 Å². The number of nitrogen functional groups attached to an aromatic ring is 1. The van der Waals surface area contributed by atoms with E-state index < -0.39 is 0 Å². The quantitative estimate of drug-likeness (QED) is 0.704. The predicted molar refractivity (Wildman–Crippen MR) is 75.8 cm³/mol. The van der Waals surface area contributed by atoms with E-state index in [-0.39, 0.29) is 0 Å². The predicted octanol–water partition coefficient (Wildman–Crippen LogP) is 3.19. The minimum absolute atomic E-state index is 0.587. The van der Waals surface area contributed by atoms with Gasteiger partial charge in [-0.2, -0.15) is 16.4 Å². The number of aryl methyl sites for hydroxylation is 3. The summed E-state index contributed by atoms with van der Waals surface area (Å²) in [6.45, 7) is 6.21. The molecule has 0 saturated carbocycles. The Kier molecular flexibility index (Phi) is 2.38. The number of thiophene rings is 1. The number of H-pyrrole nitrogens is 1. The van der Waals surface area contributed by atoms with Crippen LogP contribution < -0.4 is 5.73 Å². The zero-order valence-electron chi connectivity index (χ0n) is 10.5. The van der Waals surface area contributed by atoms with Crippen LogP contribution in [0.25, 0.3) is 22.2 Å². The smallest absolute Gasteiger partial charge is 0.183 e. The van der Waals surface area contributed by atoms with Crippen LogP contribution in [0.15, 0.2) is 10.8 Å². The number of pyridine rings is 1. The minimum Gasteiger partial charge on any atom is -0.384 e. The van der Waals surface area contributed by atoms with Crippen molar-refractivity contribution in [3.8, 4) is 11.1 Å². The van der Waals surface area contributed by atoms with Crippen LogP contribution >= 0.6 is 11.3 Å². The van der Waals surface area contributed by atoms with Crippen LogP contribution in [0.5, 0.6) is 0 Å². The minimum atomic E-state index is 0.587. The summed E-state index contributed by atoms with van der Waals surface area (Å²) in [6, 6.07) is 0. The summed E-state index contributed by atoms with van der Waals surface area (Å²) in [7, 11) is 0. The molecule has 0 unspecified atom stereocenters. The third kappa shape index (κ3) is 1.44. The fourth-order valence-corrected chi connectivity index (χ4v) is 3.26. The van der Waals surface area contributed by atoms with Crippen molar-refractivity contribution >= 4 is 28.2 Å². The van der Waals surface area contributed by atoms with Crippen molar-refractivity contribution in [3.05, 3.63) is 27.6 Å². The van der Waals surface area contributed by atoms with Gasteiger partial charge in [0, 0.05) is 11.3 Å². The molecule has 0 atom stereocenters. The molecule has 0 aliphatic rings. The highest BCUT2D eigenvalue weighted by atomic mass is 32.1. The normalized spacial score (nSPS) is 11.3. The van der Waals surface area contributed by atoms with Gasteiger partial charge in [-0.25, -0.2) is 4.98 Å². The maximum atomic E-state index is 5.93. The number of hydrogen-bond acceptors (Lipinski definition) is 4. The lowest BCUT2D eigenvalue weighted by Gasteiger charge is -2.10. The molecule has 3 N–H and O–H groups in total. The van der Waals surface area contributed by atoms with Gasteiger partial charge in [0.1, 0.15) is 5.82 Å². The number of nitrogens with two attached hydrogens (primary N) is 1. The van der Waals surface area contributed by atoms with E-state index in [9.17, 15) is 0 Å². The monoisotopic (exact) mass is 258 g/mol. The van der Waals surface area contributed by atoms with E-state index in [1.54, 1.807) is 11.3 Å². The third-order valence-corrected chi connectivity index (χ3v) is 4.15. The highest BCUT2D eigenvalue weighted by Gasteiger charge is 2.16. The molecule has 0 saturated heterocycles. The van der Waals surface area contributed by atoms with Gasteiger partial charge in [-0.1, -0.05) is 0 Å². The van der Waals surface area contributed by atoms with Crippen LogP contribution in [0.1, 0.15) is 16.8 Å². The molecule has 3 aromatic heterocycles. The Bertz CT molecular complexity index is 739. The lowest BCUT2D eigenvalue weighted by molar-refractivity contribution is 1.09. The number of fused-ring (bicyclic) bond motifs is 1. The van der Waals surface area contributed by atoms with Crippen molar-refractivity contribution in [3.63, 3.8) is 0 Å². The highest BCUT2D eigenvalue weighted by Crippen LogP contribution is 2.35. The van der Waals surface area contributed by atoms with E-state index in [1.165, 1.54) is 16.7 Å². The number of nitrogens with one attached hydrogen (secondary N) is 1. The number of nitrogens with zero attached hydrogens (tertiary/aromatic N) is 2. The van der Waals surface area contributed by atoms with Crippen molar-refractivity contribution in [1.82, 2.24) is 15.2 Å². The number of anilines is 1. The van der Waals surface area contributed by atoms with Gasteiger partial charge in [0.15, 0.2) is 5.65 Å². The second-order valence-corrected chi connectivity index (χ2v) is 5.25. The molecule has 3 rings (SSSR count). The molecule has 3 aromatic rings. The Morgan fingerprint density at radius 1 is 1.22 bits per heavy atom. The molecule has 4 nitrogen and oxygen atoms in total. The lowest BCUT2D eigenvalue weighted by Crippen LogP contribution is -1.95. The van der Waals surface area contributed by atoms with Gasteiger partial charge >= 0.3 is 0 Å². The van der Waals surface area contributed by atoms with Crippen molar-refractivity contribution in [2.24, 2.45) is 0 Å². The van der Waals surface area contributed by atoms with Gasteiger partial charge < -0.3 is 5.73 Å². The van der Waals surface area contributed by atoms with Gasteiger partial charge in [0.05, 0.1) is 5.39 Å². The van der Waals surface area contributed by atoms with Crippen LogP contribution in [0.3, 0.4) is 0 Å². The molecule has 18 heavy (non-hydrogen) atoms. The SMILES string of the molecule is Cc1cscc1-c1c(C)nc2n[nH]c(N)c2c1C. The Morgan fingerprint density at radius 3 is 2.67 bits per heavy atom. The van der Waals surface area contributed by atoms with Gasteiger partial charge in [-0.3, -0.25) is 5.10 Å². The first-order chi connectivity index (χ1) is 8.59. The maximum absolute atomic E-state index is 5.93. The molecule has 92 valence electrons. The molecular formula is C13H14N4S. The molecule has 0 aromatic carbocycles. The molecule has 0 aliphatic carbocycles. The number of hydrogen-bond donors (Lipinski definition) is 2. The van der Waals surface area contributed by atoms with Crippen molar-refractivity contribution in [2.75, 3.05) is 5.73 Å². The summed E-state index contributed by atoms with van der Waals surface area (Å²) >= 11 is 1.71. The van der Waals surface area contributed by atoms with Crippen molar-refractivity contribution < 1.29 is 0 Å². The summed E-state index contributed by atoms with van der Waals surface area (Å²) < 4.78 is 0. The van der Waals surface area contributed by atoms with Crippen LogP contribution in [0.2, 0.25) is 0 Å². The number of aromatic amines is 1. The average molecular weight is 258 g/mol. The Labute approximate surface area is 109 Å². The van der Waals surface area contributed by atoms with E-state index in [2.05, 4.69) is 39.8 Å². The summed E-state index contributed by atoms with van der Waals surface area (Å²) in [4.78, 5) is 4.54. The topological polar surface area (TPSA) is 67.6 Å². The van der Waals surface area contributed by atoms with Crippen LogP contribution in [0.4, 0.5) is 5.82 Å². The fraction of sp³-hybridized carbons (Fsp3) is 0.231. The Hall–Kier alpha value is -1.88. The zero-order valence-corrected chi connectivity index (χ0v) is 11.4. The number of rotatable bonds is 1. The first kappa shape index (κ1) is 11.2. The molecule has 3 heterocycles. The summed E-state index contributed by atoms with van der Waals surface area (Å²) in [5, 5.41) is 12.2. The summed E-state index contributed by atoms with van der Waals surface area (Å²) in [6.07, 6.45) is 0. The van der Waals surface area contributed by atoms with Gasteiger partial charge in [0.25, 0.3) is 0 Å². The van der Waals surface area contributed by atoms with E-state index in [0.717, 1.165) is 16.6 Å². The molecular weight excluding hydrogens is 244 g/mol. The Morgan fingerprint density at radius 2 is 2.00 bits per heavy atom. The van der Waals surface area contributed by atoms with E-state index in [1.807, 2.05) is 6.92 Å². The second-order valence-electron chi connectivity index (χ2n) is 4.50. The molecule has 0 amide bonds. The third-order valence-electron chi connectivity index (χ3n) is 3.29. The van der Waals surface area contributed by atoms with E-state index >= 15 is 0 Å². The van der Waals surface area contributed by atoms with E-state index in [4.69, 9.17) is 5.73 Å². The van der Waals surface area contributed by atoms with Crippen LogP contribution in [-0.2, 0) is 0 Å². The Balaban J connectivity index is 2.42. The molecule has 0 bridgehead atoms. The first-order valence-corrected chi connectivity index (χ1v) is 6.67. The van der Waals surface area contributed by atoms with Crippen molar-refractivity contribution in [1.29, 1.82) is 0 Å². The zero-order chi connectivity index (χ0) is 12.9. The van der Waals surface area contributed by atoms with Gasteiger partial charge in [0.2, 0.25) is 0 Å². The molecule has 0 aliphatic heterocycles. The highest BCUT2D eigenvalue weighted by molar-refractivity contribution is 7.08. The maximum Gasteiger partial charge on any atom is 0.183 e. The average Bonchev–Trinajstić information content (AvgIpc) is 2.87. The molecule has 0 radical (unpaired) electrons. The summed E-state index contributed by atoms with van der Waals surface area (Å²) in [5.41, 5.74) is 12.5. The van der Waals surface area contributed by atoms with E-state index in [0.29, 0.717) is 11.5 Å². The number of aromatic nitrogens is 3. The second kappa shape index (κ2) is 3.81. The molecule has 0 spiro atoms.